The van der Waals surface area contributed by atoms with Crippen LogP contribution in [-0.4, -0.2) is 42.0 Å². The summed E-state index contributed by atoms with van der Waals surface area (Å²) in [7, 11) is 1.07. The zero-order valence-electron chi connectivity index (χ0n) is 16.3. The number of thiophene rings is 1. The van der Waals surface area contributed by atoms with E-state index in [1.165, 1.54) is 6.92 Å². The molecule has 32 heavy (non-hydrogen) atoms. The summed E-state index contributed by atoms with van der Waals surface area (Å²) in [6, 6.07) is 0.652. The average Bonchev–Trinajstić information content (AvgIpc) is 3.23. The molecule has 2 heterocycles. The van der Waals surface area contributed by atoms with Gasteiger partial charge in [-0.1, -0.05) is 0 Å². The molecule has 2 aliphatic rings. The highest BCUT2D eigenvalue weighted by atomic mass is 32.1. The topological polar surface area (TPSA) is 85.2 Å². The third kappa shape index (κ3) is 4.16. The third-order valence-electron chi connectivity index (χ3n) is 4.53. The van der Waals surface area contributed by atoms with Crippen LogP contribution in [0.5, 0.6) is 5.06 Å². The Labute approximate surface area is 180 Å². The number of aliphatic imine (C=N–C) groups is 1. The van der Waals surface area contributed by atoms with Crippen LogP contribution in [0, 0.1) is 0 Å². The van der Waals surface area contributed by atoms with Crippen molar-refractivity contribution < 1.29 is 50.5 Å². The number of carbonyl (C=O) groups excluding carboxylic acids is 1. The molecule has 0 amide bonds. The van der Waals surface area contributed by atoms with Crippen molar-refractivity contribution >= 4 is 28.8 Å². The molecule has 1 aromatic rings. The highest BCUT2D eigenvalue weighted by Crippen LogP contribution is 2.43. The second kappa shape index (κ2) is 8.11. The molecular formula is C19H13F6NO5S. The number of fused-ring (bicyclic) bond motifs is 1. The number of hydrogen-bond acceptors (Lipinski definition) is 6. The van der Waals surface area contributed by atoms with Crippen molar-refractivity contribution in [2.45, 2.75) is 32.1 Å². The van der Waals surface area contributed by atoms with Gasteiger partial charge < -0.3 is 14.6 Å². The van der Waals surface area contributed by atoms with Crippen LogP contribution in [-0.2, 0) is 9.53 Å². The summed E-state index contributed by atoms with van der Waals surface area (Å²) < 4.78 is 86.7. The van der Waals surface area contributed by atoms with Gasteiger partial charge in [0.15, 0.2) is 16.6 Å². The predicted molar refractivity (Wildman–Crippen MR) is 99.5 cm³/mol. The van der Waals surface area contributed by atoms with Crippen LogP contribution in [0.3, 0.4) is 0 Å². The fourth-order valence-corrected chi connectivity index (χ4v) is 3.96. The van der Waals surface area contributed by atoms with Crippen LogP contribution in [0.2, 0.25) is 0 Å². The number of allylic oxidation sites excluding steroid dienone is 4. The highest BCUT2D eigenvalue weighted by molar-refractivity contribution is 7.12. The van der Waals surface area contributed by atoms with Crippen molar-refractivity contribution in [2.24, 2.45) is 4.99 Å². The van der Waals surface area contributed by atoms with Gasteiger partial charge in [0.2, 0.25) is 0 Å². The molecule has 172 valence electrons. The average molecular weight is 481 g/mol. The van der Waals surface area contributed by atoms with Gasteiger partial charge in [-0.2, -0.15) is 22.0 Å². The molecule has 1 N–H and O–H groups in total. The van der Waals surface area contributed by atoms with Gasteiger partial charge in [0.25, 0.3) is 0 Å². The lowest BCUT2D eigenvalue weighted by Gasteiger charge is -2.21. The summed E-state index contributed by atoms with van der Waals surface area (Å²) in [5, 5.41) is 9.24. The lowest BCUT2D eigenvalue weighted by Crippen LogP contribution is -2.41. The summed E-state index contributed by atoms with van der Waals surface area (Å²) in [5.74, 6) is -3.61. The van der Waals surface area contributed by atoms with Crippen molar-refractivity contribution in [3.05, 3.63) is 51.0 Å². The van der Waals surface area contributed by atoms with Crippen LogP contribution in [0.25, 0.3) is 0 Å². The van der Waals surface area contributed by atoms with E-state index in [1.807, 2.05) is 0 Å². The standard InChI is InChI=1S/C19H13F6NO5S/c1-7-9(4-12(27)28)14-11(26-7)5-10(20)17(30-2)15(14)16(29)8-3-13(32-6-8)31-19(24,25)18(21,22)23/h3,6H,4-5H2,1-2H3,(H,27,28). The number of halogens is 6. The first-order chi connectivity index (χ1) is 14.8. The minimum Gasteiger partial charge on any atom is -0.493 e. The smallest absolute Gasteiger partial charge is 0.493 e. The number of nitrogens with zero attached hydrogens (tertiary/aromatic N) is 1. The number of methoxy groups -OCH3 is 1. The number of rotatable bonds is 7. The summed E-state index contributed by atoms with van der Waals surface area (Å²) in [6.45, 7) is 1.47. The van der Waals surface area contributed by atoms with Gasteiger partial charge in [0.1, 0.15) is 5.83 Å². The fourth-order valence-electron chi connectivity index (χ4n) is 3.20. The zero-order valence-corrected chi connectivity index (χ0v) is 17.1. The molecule has 0 fully saturated rings. The summed E-state index contributed by atoms with van der Waals surface area (Å²) in [6.07, 6.45) is -12.4. The van der Waals surface area contributed by atoms with Crippen molar-refractivity contribution in [2.75, 3.05) is 7.11 Å². The number of aliphatic carboxylic acids is 1. The third-order valence-corrected chi connectivity index (χ3v) is 5.34. The number of alkyl halides is 5. The SMILES string of the molecule is COC1=C(F)CC2=NC(C)=C(CC(=O)O)C2=C1C(=O)c1csc(OC(F)(F)C(F)(F)F)c1. The normalized spacial score (nSPS) is 16.9. The molecule has 0 aromatic carbocycles. The molecule has 0 radical (unpaired) electrons. The molecule has 0 saturated carbocycles. The van der Waals surface area contributed by atoms with Crippen LogP contribution >= 0.6 is 11.3 Å². The fraction of sp³-hybridized carbons (Fsp3) is 0.316. The maximum absolute atomic E-state index is 14.6. The predicted octanol–water partition coefficient (Wildman–Crippen LogP) is 5.20. The molecule has 3 rings (SSSR count). The lowest BCUT2D eigenvalue weighted by atomic mass is 9.85. The molecule has 1 aromatic heterocycles. The number of carbonyl (C=O) groups is 2. The highest BCUT2D eigenvalue weighted by Gasteiger charge is 2.61. The second-order valence-electron chi connectivity index (χ2n) is 6.66. The van der Waals surface area contributed by atoms with E-state index in [0.29, 0.717) is 17.4 Å². The van der Waals surface area contributed by atoms with Crippen LogP contribution in [0.4, 0.5) is 26.3 Å². The van der Waals surface area contributed by atoms with E-state index >= 15 is 0 Å². The Hall–Kier alpha value is -3.09. The van der Waals surface area contributed by atoms with Crippen molar-refractivity contribution in [3.63, 3.8) is 0 Å². The Morgan fingerprint density at radius 2 is 1.91 bits per heavy atom. The number of hydrogen-bond donors (Lipinski definition) is 1. The largest absolute Gasteiger partial charge is 0.499 e. The number of carboxylic acid groups (broad SMARTS) is 1. The van der Waals surface area contributed by atoms with Gasteiger partial charge in [-0.05, 0) is 12.5 Å². The van der Waals surface area contributed by atoms with Crippen molar-refractivity contribution in [1.82, 2.24) is 0 Å². The van der Waals surface area contributed by atoms with Crippen LogP contribution in [0.15, 0.2) is 50.4 Å². The Kier molecular flexibility index (Phi) is 5.98. The monoisotopic (exact) mass is 481 g/mol. The maximum atomic E-state index is 14.6. The second-order valence-corrected chi connectivity index (χ2v) is 7.53. The molecule has 1 aliphatic carbocycles. The molecule has 6 nitrogen and oxygen atoms in total. The molecule has 13 heteroatoms. The lowest BCUT2D eigenvalue weighted by molar-refractivity contribution is -0.359. The van der Waals surface area contributed by atoms with Gasteiger partial charge in [0, 0.05) is 34.7 Å². The van der Waals surface area contributed by atoms with E-state index in [9.17, 15) is 41.0 Å². The minimum absolute atomic E-state index is 0.0300. The molecule has 0 atom stereocenters. The first kappa shape index (κ1) is 23.6. The molecule has 1 aliphatic heterocycles. The Balaban J connectivity index is 2.07. The van der Waals surface area contributed by atoms with Gasteiger partial charge >= 0.3 is 18.3 Å². The number of ether oxygens (including phenoxy) is 2. The summed E-state index contributed by atoms with van der Waals surface area (Å²) in [5.41, 5.74) is -0.304. The molecule has 0 bridgehead atoms. The van der Waals surface area contributed by atoms with E-state index in [2.05, 4.69) is 9.73 Å². The first-order valence-electron chi connectivity index (χ1n) is 8.70. The van der Waals surface area contributed by atoms with E-state index in [-0.39, 0.29) is 34.5 Å². The minimum atomic E-state index is -5.98. The van der Waals surface area contributed by atoms with E-state index in [4.69, 9.17) is 4.74 Å². The van der Waals surface area contributed by atoms with Crippen molar-refractivity contribution in [3.8, 4) is 5.06 Å². The van der Waals surface area contributed by atoms with E-state index in [0.717, 1.165) is 12.5 Å². The van der Waals surface area contributed by atoms with Crippen LogP contribution in [0.1, 0.15) is 30.1 Å². The molecule has 0 spiro atoms. The molecule has 0 saturated heterocycles. The van der Waals surface area contributed by atoms with E-state index < -0.39 is 52.7 Å². The first-order valence-corrected chi connectivity index (χ1v) is 9.58. The molecular weight excluding hydrogens is 468 g/mol. The Morgan fingerprint density at radius 1 is 1.25 bits per heavy atom. The van der Waals surface area contributed by atoms with E-state index in [1.54, 1.807) is 0 Å². The Morgan fingerprint density at radius 3 is 2.47 bits per heavy atom. The van der Waals surface area contributed by atoms with Gasteiger partial charge in [-0.3, -0.25) is 14.6 Å². The quantitative estimate of drug-likeness (QED) is 0.428. The number of Topliss-reactive ketones (excluding diaryl/α,β-unsaturated/α-hetero) is 1. The summed E-state index contributed by atoms with van der Waals surface area (Å²) >= 11 is 0.299. The summed E-state index contributed by atoms with van der Waals surface area (Å²) in [4.78, 5) is 28.5. The van der Waals surface area contributed by atoms with Gasteiger partial charge in [0.05, 0.1) is 24.8 Å². The molecule has 0 unspecified atom stereocenters. The maximum Gasteiger partial charge on any atom is 0.499 e. The number of ketones is 1. The van der Waals surface area contributed by atoms with Crippen LogP contribution < -0.4 is 4.74 Å². The zero-order chi connectivity index (χ0) is 24.0. The van der Waals surface area contributed by atoms with Gasteiger partial charge in [-0.25, -0.2) is 4.39 Å². The van der Waals surface area contributed by atoms with Gasteiger partial charge in [-0.15, -0.1) is 11.3 Å². The van der Waals surface area contributed by atoms with Crippen molar-refractivity contribution in [1.29, 1.82) is 0 Å². The Bertz CT molecular complexity index is 1130. The number of carboxylic acids is 1.